The van der Waals surface area contributed by atoms with Gasteiger partial charge < -0.3 is 19.5 Å². The maximum absolute atomic E-state index is 12.5. The molecule has 2 aliphatic heterocycles. The minimum absolute atomic E-state index is 0.0321. The fraction of sp³-hybridized carbons (Fsp3) is 0.579. The van der Waals surface area contributed by atoms with Crippen LogP contribution in [0.1, 0.15) is 26.2 Å². The topological polar surface area (TPSA) is 76.1 Å². The third kappa shape index (κ3) is 4.84. The third-order valence-electron chi connectivity index (χ3n) is 4.67. The quantitative estimate of drug-likeness (QED) is 0.793. The van der Waals surface area contributed by atoms with Crippen LogP contribution >= 0.6 is 11.8 Å². The van der Waals surface area contributed by atoms with Gasteiger partial charge in [0.1, 0.15) is 0 Å². The van der Waals surface area contributed by atoms with Crippen LogP contribution in [0.3, 0.4) is 0 Å². The van der Waals surface area contributed by atoms with Crippen LogP contribution in [0, 0.1) is 11.8 Å². The second-order valence-electron chi connectivity index (χ2n) is 6.93. The SMILES string of the molecule is CC1CC(C(=O)O)CN(C(=O)CCSc2ccc3c(c2)OCCCO3)C1. The van der Waals surface area contributed by atoms with Crippen LogP contribution in [0.5, 0.6) is 11.5 Å². The molecular weight excluding hydrogens is 354 g/mol. The molecule has 0 saturated carbocycles. The van der Waals surface area contributed by atoms with Gasteiger partial charge in [-0.25, -0.2) is 0 Å². The Morgan fingerprint density at radius 1 is 1.23 bits per heavy atom. The standard InChI is InChI=1S/C19H25NO5S/c1-13-9-14(19(22)23)12-20(11-13)18(21)5-8-26-15-3-4-16-17(10-15)25-7-2-6-24-16/h3-4,10,13-14H,2,5-9,11-12H2,1H3,(H,22,23). The second kappa shape index (κ2) is 8.66. The van der Waals surface area contributed by atoms with E-state index in [1.807, 2.05) is 25.1 Å². The van der Waals surface area contributed by atoms with Gasteiger partial charge in [0.05, 0.1) is 19.1 Å². The number of rotatable bonds is 5. The molecule has 0 radical (unpaired) electrons. The molecule has 1 fully saturated rings. The molecule has 1 aromatic rings. The van der Waals surface area contributed by atoms with Crippen molar-refractivity contribution in [2.24, 2.45) is 11.8 Å². The van der Waals surface area contributed by atoms with E-state index in [-0.39, 0.29) is 11.8 Å². The average Bonchev–Trinajstić information content (AvgIpc) is 2.86. The summed E-state index contributed by atoms with van der Waals surface area (Å²) in [5.74, 6) is 1.18. The summed E-state index contributed by atoms with van der Waals surface area (Å²) in [6.45, 7) is 4.30. The summed E-state index contributed by atoms with van der Waals surface area (Å²) < 4.78 is 11.3. The molecule has 2 atom stereocenters. The van der Waals surface area contributed by atoms with Gasteiger partial charge in [0.2, 0.25) is 5.91 Å². The van der Waals surface area contributed by atoms with Gasteiger partial charge in [0, 0.05) is 36.6 Å². The number of aliphatic carboxylic acids is 1. The Bertz CT molecular complexity index is 665. The molecule has 6 nitrogen and oxygen atoms in total. The molecule has 1 N–H and O–H groups in total. The summed E-state index contributed by atoms with van der Waals surface area (Å²) in [5, 5.41) is 9.23. The van der Waals surface area contributed by atoms with Crippen molar-refractivity contribution in [3.63, 3.8) is 0 Å². The van der Waals surface area contributed by atoms with Crippen molar-refractivity contribution in [3.8, 4) is 11.5 Å². The van der Waals surface area contributed by atoms with Crippen molar-refractivity contribution in [2.75, 3.05) is 32.1 Å². The normalized spacial score (nSPS) is 22.6. The molecule has 142 valence electrons. The minimum Gasteiger partial charge on any atom is -0.490 e. The number of carboxylic acid groups (broad SMARTS) is 1. The first kappa shape index (κ1) is 18.9. The number of ether oxygens (including phenoxy) is 2. The summed E-state index contributed by atoms with van der Waals surface area (Å²) in [4.78, 5) is 26.4. The summed E-state index contributed by atoms with van der Waals surface area (Å²) in [7, 11) is 0. The van der Waals surface area contributed by atoms with Crippen molar-refractivity contribution < 1.29 is 24.2 Å². The van der Waals surface area contributed by atoms with Gasteiger partial charge in [0.25, 0.3) is 0 Å². The van der Waals surface area contributed by atoms with Crippen molar-refractivity contribution in [1.82, 2.24) is 4.90 Å². The molecule has 1 saturated heterocycles. The summed E-state index contributed by atoms with van der Waals surface area (Å²) in [6, 6.07) is 5.85. The minimum atomic E-state index is -0.809. The molecule has 2 aliphatic rings. The molecule has 0 aliphatic carbocycles. The van der Waals surface area contributed by atoms with Crippen LogP contribution in [-0.2, 0) is 9.59 Å². The highest BCUT2D eigenvalue weighted by molar-refractivity contribution is 7.99. The van der Waals surface area contributed by atoms with E-state index in [2.05, 4.69) is 0 Å². The number of piperidine rings is 1. The third-order valence-corrected chi connectivity index (χ3v) is 5.66. The predicted octanol–water partition coefficient (Wildman–Crippen LogP) is 2.90. The first-order chi connectivity index (χ1) is 12.5. The summed E-state index contributed by atoms with van der Waals surface area (Å²) in [6.07, 6.45) is 1.92. The number of hydrogen-bond acceptors (Lipinski definition) is 5. The largest absolute Gasteiger partial charge is 0.490 e. The number of benzene rings is 1. The van der Waals surface area contributed by atoms with Crippen LogP contribution in [0.25, 0.3) is 0 Å². The van der Waals surface area contributed by atoms with Crippen LogP contribution in [0.4, 0.5) is 0 Å². The summed E-state index contributed by atoms with van der Waals surface area (Å²) >= 11 is 1.60. The van der Waals surface area contributed by atoms with Gasteiger partial charge in [-0.3, -0.25) is 9.59 Å². The van der Waals surface area contributed by atoms with E-state index in [0.29, 0.717) is 44.9 Å². The number of likely N-dealkylation sites (tertiary alicyclic amines) is 1. The van der Waals surface area contributed by atoms with E-state index in [0.717, 1.165) is 22.8 Å². The zero-order valence-electron chi connectivity index (χ0n) is 15.0. The lowest BCUT2D eigenvalue weighted by molar-refractivity contribution is -0.146. The Kier molecular flexibility index (Phi) is 6.29. The Hall–Kier alpha value is -1.89. The number of carboxylic acids is 1. The van der Waals surface area contributed by atoms with Crippen LogP contribution in [0.2, 0.25) is 0 Å². The van der Waals surface area contributed by atoms with E-state index in [4.69, 9.17) is 9.47 Å². The molecule has 0 bridgehead atoms. The molecule has 1 aromatic carbocycles. The average molecular weight is 379 g/mol. The highest BCUT2D eigenvalue weighted by atomic mass is 32.2. The van der Waals surface area contributed by atoms with Crippen LogP contribution in [0.15, 0.2) is 23.1 Å². The lowest BCUT2D eigenvalue weighted by Gasteiger charge is -2.34. The highest BCUT2D eigenvalue weighted by Crippen LogP contribution is 2.34. The van der Waals surface area contributed by atoms with Gasteiger partial charge in [-0.05, 0) is 30.5 Å². The fourth-order valence-corrected chi connectivity index (χ4v) is 4.25. The molecule has 26 heavy (non-hydrogen) atoms. The van der Waals surface area contributed by atoms with E-state index in [1.54, 1.807) is 16.7 Å². The Morgan fingerprint density at radius 2 is 2.00 bits per heavy atom. The van der Waals surface area contributed by atoms with Crippen LogP contribution in [-0.4, -0.2) is 53.9 Å². The number of fused-ring (bicyclic) bond motifs is 1. The number of thioether (sulfide) groups is 1. The predicted molar refractivity (Wildman–Crippen MR) is 98.9 cm³/mol. The molecule has 7 heteroatoms. The van der Waals surface area contributed by atoms with Gasteiger partial charge in [0.15, 0.2) is 11.5 Å². The molecule has 2 unspecified atom stereocenters. The first-order valence-corrected chi connectivity index (χ1v) is 10.0. The highest BCUT2D eigenvalue weighted by Gasteiger charge is 2.31. The fourth-order valence-electron chi connectivity index (χ4n) is 3.38. The van der Waals surface area contributed by atoms with E-state index >= 15 is 0 Å². The molecule has 1 amide bonds. The van der Waals surface area contributed by atoms with Gasteiger partial charge in [-0.15, -0.1) is 11.8 Å². The van der Waals surface area contributed by atoms with Crippen molar-refractivity contribution in [2.45, 2.75) is 31.1 Å². The lowest BCUT2D eigenvalue weighted by Crippen LogP contribution is -2.45. The number of carbonyl (C=O) groups is 2. The Morgan fingerprint density at radius 3 is 2.77 bits per heavy atom. The Balaban J connectivity index is 1.50. The maximum Gasteiger partial charge on any atom is 0.308 e. The maximum atomic E-state index is 12.5. The van der Waals surface area contributed by atoms with Gasteiger partial charge in [-0.1, -0.05) is 6.92 Å². The number of carbonyl (C=O) groups excluding carboxylic acids is 1. The first-order valence-electron chi connectivity index (χ1n) is 9.06. The molecular formula is C19H25NO5S. The van der Waals surface area contributed by atoms with Crippen molar-refractivity contribution in [3.05, 3.63) is 18.2 Å². The van der Waals surface area contributed by atoms with Gasteiger partial charge in [-0.2, -0.15) is 0 Å². The molecule has 0 aromatic heterocycles. The van der Waals surface area contributed by atoms with Gasteiger partial charge >= 0.3 is 5.97 Å². The summed E-state index contributed by atoms with van der Waals surface area (Å²) in [5.41, 5.74) is 0. The van der Waals surface area contributed by atoms with Crippen LogP contribution < -0.4 is 9.47 Å². The van der Waals surface area contributed by atoms with E-state index in [9.17, 15) is 14.7 Å². The van der Waals surface area contributed by atoms with E-state index < -0.39 is 11.9 Å². The zero-order valence-corrected chi connectivity index (χ0v) is 15.8. The van der Waals surface area contributed by atoms with Crippen molar-refractivity contribution in [1.29, 1.82) is 0 Å². The second-order valence-corrected chi connectivity index (χ2v) is 8.10. The molecule has 3 rings (SSSR count). The smallest absolute Gasteiger partial charge is 0.308 e. The Labute approximate surface area is 157 Å². The lowest BCUT2D eigenvalue weighted by atomic mass is 9.90. The molecule has 0 spiro atoms. The number of nitrogens with zero attached hydrogens (tertiary/aromatic N) is 1. The van der Waals surface area contributed by atoms with Crippen molar-refractivity contribution >= 4 is 23.6 Å². The number of hydrogen-bond donors (Lipinski definition) is 1. The monoisotopic (exact) mass is 379 g/mol. The zero-order chi connectivity index (χ0) is 18.5. The van der Waals surface area contributed by atoms with E-state index in [1.165, 1.54) is 0 Å². The molecule has 2 heterocycles. The number of amides is 1.